The van der Waals surface area contributed by atoms with Crippen LogP contribution >= 0.6 is 23.8 Å². The minimum absolute atomic E-state index is 0.315. The first-order valence-electron chi connectivity index (χ1n) is 8.92. The van der Waals surface area contributed by atoms with Gasteiger partial charge in [0.25, 0.3) is 0 Å². The molecule has 1 aliphatic rings. The Morgan fingerprint density at radius 3 is 2.79 bits per heavy atom. The van der Waals surface area contributed by atoms with Gasteiger partial charge in [0, 0.05) is 26.2 Å². The van der Waals surface area contributed by atoms with Gasteiger partial charge in [0.1, 0.15) is 11.0 Å². The molecule has 10 heteroatoms. The van der Waals surface area contributed by atoms with Crippen LogP contribution in [0.4, 0.5) is 4.39 Å². The molecule has 150 valence electrons. The van der Waals surface area contributed by atoms with E-state index in [2.05, 4.69) is 25.8 Å². The van der Waals surface area contributed by atoms with Crippen LogP contribution in [-0.2, 0) is 4.74 Å². The number of aromatic nitrogens is 2. The fraction of sp³-hybridized carbons (Fsp3) is 0.389. The normalized spacial score (nSPS) is 15.1. The number of aryl methyl sites for hydroxylation is 1. The minimum Gasteiger partial charge on any atom is -0.379 e. The quantitative estimate of drug-likeness (QED) is 0.420. The Morgan fingerprint density at radius 2 is 2.07 bits per heavy atom. The molecule has 0 spiro atoms. The SMILES string of the molecule is Cc1nn(-c2ccc(F)cc2)c(Cl)c1C=NNC(=S)NCCN1CCOCC1. The molecule has 1 saturated heterocycles. The van der Waals surface area contributed by atoms with E-state index in [4.69, 9.17) is 28.6 Å². The fourth-order valence-corrected chi connectivity index (χ4v) is 3.23. The molecular weight excluding hydrogens is 403 g/mol. The van der Waals surface area contributed by atoms with Crippen molar-refractivity contribution >= 4 is 35.1 Å². The second kappa shape index (κ2) is 9.92. The smallest absolute Gasteiger partial charge is 0.187 e. The highest BCUT2D eigenvalue weighted by molar-refractivity contribution is 7.80. The maximum atomic E-state index is 13.1. The molecule has 0 atom stereocenters. The van der Waals surface area contributed by atoms with Gasteiger partial charge in [0.05, 0.1) is 36.4 Å². The molecule has 1 aliphatic heterocycles. The summed E-state index contributed by atoms with van der Waals surface area (Å²) in [5, 5.41) is 12.5. The summed E-state index contributed by atoms with van der Waals surface area (Å²) in [7, 11) is 0. The van der Waals surface area contributed by atoms with Crippen molar-refractivity contribution in [1.29, 1.82) is 0 Å². The monoisotopic (exact) mass is 424 g/mol. The van der Waals surface area contributed by atoms with E-state index < -0.39 is 0 Å². The Bertz CT molecular complexity index is 835. The minimum atomic E-state index is -0.315. The number of hydrazone groups is 1. The number of nitrogens with one attached hydrogen (secondary N) is 2. The Labute approximate surface area is 173 Å². The Kier molecular flexibility index (Phi) is 7.32. The highest BCUT2D eigenvalue weighted by atomic mass is 35.5. The van der Waals surface area contributed by atoms with E-state index in [1.807, 2.05) is 6.92 Å². The number of halogens is 2. The number of nitrogens with zero attached hydrogens (tertiary/aromatic N) is 4. The van der Waals surface area contributed by atoms with E-state index in [1.54, 1.807) is 18.3 Å². The maximum absolute atomic E-state index is 13.1. The number of hydrogen-bond acceptors (Lipinski definition) is 5. The van der Waals surface area contributed by atoms with Crippen LogP contribution in [0.2, 0.25) is 5.15 Å². The topological polar surface area (TPSA) is 66.7 Å². The predicted octanol–water partition coefficient (Wildman–Crippen LogP) is 2.10. The molecule has 1 fully saturated rings. The van der Waals surface area contributed by atoms with Crippen molar-refractivity contribution in [3.8, 4) is 5.69 Å². The van der Waals surface area contributed by atoms with Gasteiger partial charge in [-0.1, -0.05) is 11.6 Å². The van der Waals surface area contributed by atoms with E-state index >= 15 is 0 Å². The molecule has 0 unspecified atom stereocenters. The van der Waals surface area contributed by atoms with Gasteiger partial charge >= 0.3 is 0 Å². The zero-order chi connectivity index (χ0) is 19.9. The number of benzene rings is 1. The molecule has 0 radical (unpaired) electrons. The van der Waals surface area contributed by atoms with Crippen LogP contribution in [-0.4, -0.2) is 65.4 Å². The molecule has 3 rings (SSSR count). The fourth-order valence-electron chi connectivity index (χ4n) is 2.76. The first-order valence-corrected chi connectivity index (χ1v) is 9.71. The molecule has 1 aromatic heterocycles. The number of hydrogen-bond donors (Lipinski definition) is 2. The molecular formula is C18H22ClFN6OS. The van der Waals surface area contributed by atoms with Crippen LogP contribution < -0.4 is 10.7 Å². The maximum Gasteiger partial charge on any atom is 0.187 e. The molecule has 7 nitrogen and oxygen atoms in total. The van der Waals surface area contributed by atoms with Gasteiger partial charge in [-0.15, -0.1) is 0 Å². The Morgan fingerprint density at radius 1 is 1.36 bits per heavy atom. The van der Waals surface area contributed by atoms with E-state index in [-0.39, 0.29) is 5.82 Å². The van der Waals surface area contributed by atoms with E-state index in [9.17, 15) is 4.39 Å². The van der Waals surface area contributed by atoms with E-state index in [0.717, 1.165) is 39.4 Å². The predicted molar refractivity (Wildman–Crippen MR) is 112 cm³/mol. The average Bonchev–Trinajstić information content (AvgIpc) is 2.98. The van der Waals surface area contributed by atoms with Gasteiger partial charge in [-0.25, -0.2) is 9.07 Å². The van der Waals surface area contributed by atoms with Gasteiger partial charge in [0.2, 0.25) is 0 Å². The van der Waals surface area contributed by atoms with Crippen LogP contribution in [0.3, 0.4) is 0 Å². The third-order valence-electron chi connectivity index (χ3n) is 4.30. The number of ether oxygens (including phenoxy) is 1. The zero-order valence-electron chi connectivity index (χ0n) is 15.5. The molecule has 28 heavy (non-hydrogen) atoms. The number of morpholine rings is 1. The van der Waals surface area contributed by atoms with E-state index in [1.165, 1.54) is 16.8 Å². The van der Waals surface area contributed by atoms with Gasteiger partial charge in [-0.3, -0.25) is 10.3 Å². The molecule has 0 saturated carbocycles. The standard InChI is InChI=1S/C18H22ClFN6OS/c1-13-16(17(19)26(24-13)15-4-2-14(20)3-5-15)12-22-23-18(28)21-6-7-25-8-10-27-11-9-25/h2-5,12H,6-11H2,1H3,(H2,21,23,28). The third-order valence-corrected chi connectivity index (χ3v) is 4.90. The summed E-state index contributed by atoms with van der Waals surface area (Å²) < 4.78 is 20.0. The van der Waals surface area contributed by atoms with Crippen molar-refractivity contribution < 1.29 is 9.13 Å². The molecule has 2 N–H and O–H groups in total. The summed E-state index contributed by atoms with van der Waals surface area (Å²) >= 11 is 11.6. The van der Waals surface area contributed by atoms with E-state index in [0.29, 0.717) is 27.2 Å². The molecule has 2 aromatic rings. The lowest BCUT2D eigenvalue weighted by atomic mass is 10.3. The van der Waals surface area contributed by atoms with Crippen LogP contribution in [0.5, 0.6) is 0 Å². The molecule has 0 aliphatic carbocycles. The second-order valence-electron chi connectivity index (χ2n) is 6.26. The summed E-state index contributed by atoms with van der Waals surface area (Å²) in [5.41, 5.74) is 4.81. The van der Waals surface area contributed by atoms with Crippen molar-refractivity contribution in [3.63, 3.8) is 0 Å². The van der Waals surface area contributed by atoms with Gasteiger partial charge in [-0.2, -0.15) is 10.2 Å². The number of rotatable bonds is 6. The van der Waals surface area contributed by atoms with Crippen LogP contribution in [0, 0.1) is 12.7 Å². The zero-order valence-corrected chi connectivity index (χ0v) is 17.1. The van der Waals surface area contributed by atoms with Crippen LogP contribution in [0.1, 0.15) is 11.3 Å². The summed E-state index contributed by atoms with van der Waals surface area (Å²) in [5.74, 6) is -0.315. The van der Waals surface area contributed by atoms with Crippen LogP contribution in [0.15, 0.2) is 29.4 Å². The molecule has 2 heterocycles. The first-order chi connectivity index (χ1) is 13.5. The highest BCUT2D eigenvalue weighted by Crippen LogP contribution is 2.22. The van der Waals surface area contributed by atoms with Crippen molar-refractivity contribution in [1.82, 2.24) is 25.4 Å². The lowest BCUT2D eigenvalue weighted by molar-refractivity contribution is 0.0389. The summed E-state index contributed by atoms with van der Waals surface area (Å²) in [6.45, 7) is 6.88. The highest BCUT2D eigenvalue weighted by Gasteiger charge is 2.13. The van der Waals surface area contributed by atoms with Crippen LogP contribution in [0.25, 0.3) is 5.69 Å². The largest absolute Gasteiger partial charge is 0.379 e. The lowest BCUT2D eigenvalue weighted by Crippen LogP contribution is -2.42. The first kappa shape index (κ1) is 20.7. The summed E-state index contributed by atoms with van der Waals surface area (Å²) in [4.78, 5) is 2.31. The van der Waals surface area contributed by atoms with Gasteiger partial charge in [0.15, 0.2) is 5.11 Å². The van der Waals surface area contributed by atoms with Crippen molar-refractivity contribution in [2.75, 3.05) is 39.4 Å². The van der Waals surface area contributed by atoms with Gasteiger partial charge in [-0.05, 0) is 43.4 Å². The summed E-state index contributed by atoms with van der Waals surface area (Å²) in [6, 6.07) is 5.94. The van der Waals surface area contributed by atoms with Gasteiger partial charge < -0.3 is 10.1 Å². The number of thiocarbonyl (C=S) groups is 1. The molecule has 1 aromatic carbocycles. The van der Waals surface area contributed by atoms with Crippen molar-refractivity contribution in [2.24, 2.45) is 5.10 Å². The average molecular weight is 425 g/mol. The van der Waals surface area contributed by atoms with Crippen molar-refractivity contribution in [3.05, 3.63) is 46.5 Å². The molecule has 0 bridgehead atoms. The second-order valence-corrected chi connectivity index (χ2v) is 7.02. The summed E-state index contributed by atoms with van der Waals surface area (Å²) in [6.07, 6.45) is 1.57. The third kappa shape index (κ3) is 5.48. The molecule has 0 amide bonds. The Hall–Kier alpha value is -2.07. The lowest BCUT2D eigenvalue weighted by Gasteiger charge is -2.26. The Balaban J connectivity index is 1.52. The van der Waals surface area contributed by atoms with Crippen molar-refractivity contribution in [2.45, 2.75) is 6.92 Å².